The Bertz CT molecular complexity index is 609. The number of nitrogens with two attached hydrogens (primary N) is 1. The van der Waals surface area contributed by atoms with E-state index in [1.54, 1.807) is 6.20 Å². The molecule has 1 aromatic carbocycles. The maximum Gasteiger partial charge on any atom is 0.147 e. The van der Waals surface area contributed by atoms with Crippen LogP contribution in [0.25, 0.3) is 0 Å². The second-order valence-corrected chi connectivity index (χ2v) is 5.24. The van der Waals surface area contributed by atoms with E-state index in [0.29, 0.717) is 11.8 Å². The summed E-state index contributed by atoms with van der Waals surface area (Å²) in [5, 5.41) is 0.610. The molecule has 2 aromatic rings. The number of hydrogen-bond acceptors (Lipinski definition) is 3. The molecular formula is C14H16ClN3O. The molecule has 100 valence electrons. The van der Waals surface area contributed by atoms with E-state index in [-0.39, 0.29) is 6.04 Å². The van der Waals surface area contributed by atoms with Crippen LogP contribution < -0.4 is 10.5 Å². The van der Waals surface area contributed by atoms with Crippen molar-refractivity contribution in [3.8, 4) is 5.75 Å². The van der Waals surface area contributed by atoms with E-state index >= 15 is 0 Å². The molecule has 1 heterocycles. The van der Waals surface area contributed by atoms with Gasteiger partial charge in [0.05, 0.1) is 6.20 Å². The third-order valence-electron chi connectivity index (χ3n) is 3.63. The number of fused-ring (bicyclic) bond motifs is 1. The largest absolute Gasteiger partial charge is 0.486 e. The van der Waals surface area contributed by atoms with E-state index in [2.05, 4.69) is 17.1 Å². The van der Waals surface area contributed by atoms with Crippen molar-refractivity contribution in [3.05, 3.63) is 46.5 Å². The van der Waals surface area contributed by atoms with Crippen LogP contribution in [0.15, 0.2) is 24.4 Å². The minimum absolute atomic E-state index is 0.178. The number of halogens is 1. The fraction of sp³-hybridized carbons (Fsp3) is 0.357. The van der Waals surface area contributed by atoms with Gasteiger partial charge in [0, 0.05) is 13.1 Å². The van der Waals surface area contributed by atoms with Crippen molar-refractivity contribution >= 4 is 11.6 Å². The lowest BCUT2D eigenvalue weighted by Gasteiger charge is -2.09. The zero-order valence-electron chi connectivity index (χ0n) is 10.8. The fourth-order valence-electron chi connectivity index (χ4n) is 2.42. The Balaban J connectivity index is 1.73. The molecule has 19 heavy (non-hydrogen) atoms. The maximum atomic E-state index is 6.02. The molecule has 1 aromatic heterocycles. The average Bonchev–Trinajstić information content (AvgIpc) is 2.93. The molecule has 0 saturated carbocycles. The molecule has 1 atom stereocenters. The van der Waals surface area contributed by atoms with Gasteiger partial charge in [-0.05, 0) is 36.1 Å². The first-order valence-electron chi connectivity index (χ1n) is 6.32. The van der Waals surface area contributed by atoms with Gasteiger partial charge >= 0.3 is 0 Å². The molecule has 3 rings (SSSR count). The van der Waals surface area contributed by atoms with Crippen molar-refractivity contribution in [1.29, 1.82) is 0 Å². The van der Waals surface area contributed by atoms with Crippen LogP contribution in [0.1, 0.15) is 29.4 Å². The molecule has 2 N–H and O–H groups in total. The molecule has 0 fully saturated rings. The first-order chi connectivity index (χ1) is 9.15. The first-order valence-corrected chi connectivity index (χ1v) is 6.70. The number of ether oxygens (including phenoxy) is 1. The summed E-state index contributed by atoms with van der Waals surface area (Å²) in [5.41, 5.74) is 8.55. The van der Waals surface area contributed by atoms with Gasteiger partial charge in [-0.1, -0.05) is 17.7 Å². The minimum Gasteiger partial charge on any atom is -0.486 e. The third kappa shape index (κ3) is 2.33. The quantitative estimate of drug-likeness (QED) is 0.938. The Hall–Kier alpha value is -1.52. The van der Waals surface area contributed by atoms with Crippen molar-refractivity contribution < 1.29 is 4.74 Å². The molecule has 1 aliphatic carbocycles. The van der Waals surface area contributed by atoms with Crippen molar-refractivity contribution in [1.82, 2.24) is 9.55 Å². The number of hydrogen-bond donors (Lipinski definition) is 1. The number of aryl methyl sites for hydroxylation is 1. The molecule has 0 saturated heterocycles. The Morgan fingerprint density at radius 2 is 2.37 bits per heavy atom. The molecular weight excluding hydrogens is 262 g/mol. The topological polar surface area (TPSA) is 53.1 Å². The summed E-state index contributed by atoms with van der Waals surface area (Å²) < 4.78 is 7.57. The minimum atomic E-state index is 0.178. The highest BCUT2D eigenvalue weighted by Crippen LogP contribution is 2.32. The zero-order chi connectivity index (χ0) is 13.4. The van der Waals surface area contributed by atoms with E-state index in [4.69, 9.17) is 22.1 Å². The molecule has 4 nitrogen and oxygen atoms in total. The van der Waals surface area contributed by atoms with Crippen molar-refractivity contribution in [2.75, 3.05) is 0 Å². The third-order valence-corrected chi connectivity index (χ3v) is 3.99. The lowest BCUT2D eigenvalue weighted by atomic mass is 10.1. The maximum absolute atomic E-state index is 6.02. The highest BCUT2D eigenvalue weighted by molar-refractivity contribution is 6.29. The summed E-state index contributed by atoms with van der Waals surface area (Å²) in [4.78, 5) is 4.20. The van der Waals surface area contributed by atoms with Gasteiger partial charge in [0.2, 0.25) is 0 Å². The van der Waals surface area contributed by atoms with Crippen molar-refractivity contribution in [2.24, 2.45) is 12.8 Å². The summed E-state index contributed by atoms with van der Waals surface area (Å²) in [7, 11) is 1.87. The van der Waals surface area contributed by atoms with Gasteiger partial charge in [0.15, 0.2) is 0 Å². The predicted molar refractivity (Wildman–Crippen MR) is 74.2 cm³/mol. The number of aromatic nitrogens is 2. The highest BCUT2D eigenvalue weighted by atomic mass is 35.5. The van der Waals surface area contributed by atoms with E-state index in [1.165, 1.54) is 11.1 Å². The lowest BCUT2D eigenvalue weighted by Crippen LogP contribution is -2.05. The summed E-state index contributed by atoms with van der Waals surface area (Å²) in [6, 6.07) is 6.28. The molecule has 1 aliphatic rings. The van der Waals surface area contributed by atoms with Gasteiger partial charge in [-0.25, -0.2) is 4.98 Å². The van der Waals surface area contributed by atoms with E-state index in [0.717, 1.165) is 24.4 Å². The molecule has 1 unspecified atom stereocenters. The van der Waals surface area contributed by atoms with Crippen LogP contribution in [0.4, 0.5) is 0 Å². The molecule has 0 radical (unpaired) electrons. The van der Waals surface area contributed by atoms with Crippen LogP contribution in [0, 0.1) is 0 Å². The van der Waals surface area contributed by atoms with Crippen LogP contribution in [-0.4, -0.2) is 9.55 Å². The van der Waals surface area contributed by atoms with E-state index in [1.807, 2.05) is 17.7 Å². The Morgan fingerprint density at radius 3 is 3.11 bits per heavy atom. The number of rotatable bonds is 3. The normalized spacial score (nSPS) is 17.5. The van der Waals surface area contributed by atoms with E-state index < -0.39 is 0 Å². The van der Waals surface area contributed by atoms with Crippen LogP contribution in [0.5, 0.6) is 5.75 Å². The Kier molecular flexibility index (Phi) is 3.21. The SMILES string of the molecule is Cn1c(Cl)cnc1COc1ccc2c(c1)CCC2N. The fourth-order valence-corrected chi connectivity index (χ4v) is 2.57. The smallest absolute Gasteiger partial charge is 0.147 e. The molecule has 5 heteroatoms. The van der Waals surface area contributed by atoms with E-state index in [9.17, 15) is 0 Å². The zero-order valence-corrected chi connectivity index (χ0v) is 11.5. The number of imidazole rings is 1. The second-order valence-electron chi connectivity index (χ2n) is 4.85. The van der Waals surface area contributed by atoms with Crippen LogP contribution in [-0.2, 0) is 20.1 Å². The summed E-state index contributed by atoms with van der Waals surface area (Å²) >= 11 is 5.93. The molecule has 0 bridgehead atoms. The van der Waals surface area contributed by atoms with Gasteiger partial charge in [0.1, 0.15) is 23.3 Å². The Labute approximate surface area is 117 Å². The van der Waals surface area contributed by atoms with Crippen LogP contribution >= 0.6 is 11.6 Å². The predicted octanol–water partition coefficient (Wildman–Crippen LogP) is 2.60. The average molecular weight is 278 g/mol. The lowest BCUT2D eigenvalue weighted by molar-refractivity contribution is 0.291. The standard InChI is InChI=1S/C14H16ClN3O/c1-18-13(15)7-17-14(18)8-19-10-3-4-11-9(6-10)2-5-12(11)16/h3-4,6-7,12H,2,5,8,16H2,1H3. The molecule has 0 aliphatic heterocycles. The molecule has 0 spiro atoms. The molecule has 0 amide bonds. The summed E-state index contributed by atoms with van der Waals surface area (Å²) in [5.74, 6) is 1.66. The van der Waals surface area contributed by atoms with Crippen molar-refractivity contribution in [2.45, 2.75) is 25.5 Å². The highest BCUT2D eigenvalue weighted by Gasteiger charge is 2.19. The van der Waals surface area contributed by atoms with Gasteiger partial charge in [-0.15, -0.1) is 0 Å². The number of nitrogens with zero attached hydrogens (tertiary/aromatic N) is 2. The van der Waals surface area contributed by atoms with Gasteiger partial charge in [-0.2, -0.15) is 0 Å². The van der Waals surface area contributed by atoms with Gasteiger partial charge in [0.25, 0.3) is 0 Å². The summed E-state index contributed by atoms with van der Waals surface area (Å²) in [6.07, 6.45) is 3.68. The first kappa shape index (κ1) is 12.5. The second kappa shape index (κ2) is 4.87. The van der Waals surface area contributed by atoms with Crippen LogP contribution in [0.3, 0.4) is 0 Å². The van der Waals surface area contributed by atoms with Crippen LogP contribution in [0.2, 0.25) is 5.15 Å². The Morgan fingerprint density at radius 1 is 1.53 bits per heavy atom. The van der Waals surface area contributed by atoms with Crippen molar-refractivity contribution in [3.63, 3.8) is 0 Å². The monoisotopic (exact) mass is 277 g/mol. The van der Waals surface area contributed by atoms with Gasteiger partial charge < -0.3 is 15.0 Å². The summed E-state index contributed by atoms with van der Waals surface area (Å²) in [6.45, 7) is 0.411. The number of benzene rings is 1. The van der Waals surface area contributed by atoms with Gasteiger partial charge in [-0.3, -0.25) is 0 Å².